The minimum absolute atomic E-state index is 0.0516. The molecule has 7 heteroatoms. The van der Waals surface area contributed by atoms with Gasteiger partial charge in [0, 0.05) is 21.5 Å². The van der Waals surface area contributed by atoms with Gasteiger partial charge in [0.05, 0.1) is 18.0 Å². The van der Waals surface area contributed by atoms with Crippen molar-refractivity contribution in [3.05, 3.63) is 52.0 Å². The van der Waals surface area contributed by atoms with E-state index in [1.807, 2.05) is 0 Å². The van der Waals surface area contributed by atoms with Crippen molar-refractivity contribution in [1.82, 2.24) is 14.6 Å². The first-order chi connectivity index (χ1) is 12.4. The summed E-state index contributed by atoms with van der Waals surface area (Å²) in [6.07, 6.45) is 2.02. The Labute approximate surface area is 158 Å². The Morgan fingerprint density at radius 3 is 2.77 bits per heavy atom. The van der Waals surface area contributed by atoms with Crippen molar-refractivity contribution in [3.8, 4) is 11.3 Å². The molecule has 0 amide bonds. The van der Waals surface area contributed by atoms with Crippen LogP contribution in [0.4, 0.5) is 4.39 Å². The molecule has 134 valence electrons. The number of carbonyl (C=O) groups excluding carboxylic acids is 1. The van der Waals surface area contributed by atoms with Gasteiger partial charge in [0.1, 0.15) is 5.82 Å². The molecule has 0 saturated heterocycles. The van der Waals surface area contributed by atoms with Gasteiger partial charge in [-0.05, 0) is 44.0 Å². The van der Waals surface area contributed by atoms with Crippen molar-refractivity contribution in [2.24, 2.45) is 0 Å². The number of benzene rings is 1. The highest BCUT2D eigenvalue weighted by atomic mass is 79.9. The van der Waals surface area contributed by atoms with Gasteiger partial charge in [-0.3, -0.25) is 0 Å². The number of fused-ring (bicyclic) bond motifs is 1. The second-order valence-corrected chi connectivity index (χ2v) is 7.65. The second kappa shape index (κ2) is 6.16. The number of nitrogens with zero attached hydrogens (tertiary/aromatic N) is 3. The third-order valence-electron chi connectivity index (χ3n) is 4.74. The maximum absolute atomic E-state index is 14.3. The zero-order chi connectivity index (χ0) is 18.5. The van der Waals surface area contributed by atoms with Gasteiger partial charge in [0.25, 0.3) is 0 Å². The monoisotopic (exact) mass is 417 g/mol. The summed E-state index contributed by atoms with van der Waals surface area (Å²) >= 11 is 3.26. The molecule has 1 aromatic carbocycles. The molecule has 4 rings (SSSR count). The lowest BCUT2D eigenvalue weighted by molar-refractivity contribution is 0.0519. The van der Waals surface area contributed by atoms with E-state index in [1.165, 1.54) is 6.07 Å². The van der Waals surface area contributed by atoms with Crippen molar-refractivity contribution >= 4 is 27.5 Å². The lowest BCUT2D eigenvalue weighted by Gasteiger charge is -2.12. The van der Waals surface area contributed by atoms with E-state index in [1.54, 1.807) is 35.7 Å². The minimum atomic E-state index is -0.460. The van der Waals surface area contributed by atoms with Crippen molar-refractivity contribution in [2.75, 3.05) is 6.61 Å². The number of halogens is 2. The quantitative estimate of drug-likeness (QED) is 0.585. The van der Waals surface area contributed by atoms with Gasteiger partial charge in [0.15, 0.2) is 11.3 Å². The van der Waals surface area contributed by atoms with Crippen molar-refractivity contribution < 1.29 is 13.9 Å². The predicted molar refractivity (Wildman–Crippen MR) is 98.6 cm³/mol. The summed E-state index contributed by atoms with van der Waals surface area (Å²) in [5, 5.41) is 4.57. The Morgan fingerprint density at radius 1 is 1.35 bits per heavy atom. The van der Waals surface area contributed by atoms with Crippen molar-refractivity contribution in [1.29, 1.82) is 0 Å². The normalized spacial score (nSPS) is 15.2. The van der Waals surface area contributed by atoms with Crippen LogP contribution in [0.25, 0.3) is 16.9 Å². The van der Waals surface area contributed by atoms with Crippen LogP contribution >= 0.6 is 15.9 Å². The molecule has 0 radical (unpaired) electrons. The maximum atomic E-state index is 14.3. The molecular weight excluding hydrogens is 401 g/mol. The second-order valence-electron chi connectivity index (χ2n) is 6.73. The summed E-state index contributed by atoms with van der Waals surface area (Å²) in [6, 6.07) is 8.28. The SMILES string of the molecule is CCOC(=O)c1cc(C2(C)CC2)n2nc(-c3ccc(Br)cc3F)cc2n1. The van der Waals surface area contributed by atoms with Crippen molar-refractivity contribution in [2.45, 2.75) is 32.1 Å². The van der Waals surface area contributed by atoms with Crippen LogP contribution in [0.15, 0.2) is 34.8 Å². The Kier molecular flexibility index (Phi) is 4.06. The standard InChI is InChI=1S/C19H17BrFN3O2/c1-3-26-18(25)15-9-16(19(2)6-7-19)24-17(22-15)10-14(23-24)12-5-4-11(20)8-13(12)21/h4-5,8-10H,3,6-7H2,1-2H3. The van der Waals surface area contributed by atoms with Crippen LogP contribution in [0.2, 0.25) is 0 Å². The molecule has 1 saturated carbocycles. The van der Waals surface area contributed by atoms with Crippen LogP contribution < -0.4 is 0 Å². The number of carbonyl (C=O) groups is 1. The topological polar surface area (TPSA) is 56.5 Å². The predicted octanol–water partition coefficient (Wildman–Crippen LogP) is 4.53. The highest BCUT2D eigenvalue weighted by Gasteiger charge is 2.42. The summed E-state index contributed by atoms with van der Waals surface area (Å²) < 4.78 is 21.8. The number of hydrogen-bond acceptors (Lipinski definition) is 4. The largest absolute Gasteiger partial charge is 0.461 e. The Balaban J connectivity index is 1.90. The summed E-state index contributed by atoms with van der Waals surface area (Å²) in [4.78, 5) is 16.6. The summed E-state index contributed by atoms with van der Waals surface area (Å²) in [5.74, 6) is -0.828. The highest BCUT2D eigenvalue weighted by Crippen LogP contribution is 2.47. The van der Waals surface area contributed by atoms with E-state index < -0.39 is 5.97 Å². The van der Waals surface area contributed by atoms with Crippen LogP contribution in [0, 0.1) is 5.82 Å². The fraction of sp³-hybridized carbons (Fsp3) is 0.316. The molecule has 0 unspecified atom stereocenters. The molecule has 0 spiro atoms. The summed E-state index contributed by atoms with van der Waals surface area (Å²) in [5.41, 5.74) is 2.48. The number of hydrogen-bond donors (Lipinski definition) is 0. The van der Waals surface area contributed by atoms with Crippen molar-refractivity contribution in [3.63, 3.8) is 0 Å². The smallest absolute Gasteiger partial charge is 0.357 e. The number of ether oxygens (including phenoxy) is 1. The maximum Gasteiger partial charge on any atom is 0.357 e. The molecule has 2 heterocycles. The lowest BCUT2D eigenvalue weighted by atomic mass is 10.0. The molecule has 26 heavy (non-hydrogen) atoms. The first-order valence-electron chi connectivity index (χ1n) is 8.45. The average molecular weight is 418 g/mol. The number of rotatable bonds is 4. The van der Waals surface area contributed by atoms with Crippen LogP contribution in [0.5, 0.6) is 0 Å². The van der Waals surface area contributed by atoms with Gasteiger partial charge in [-0.15, -0.1) is 0 Å². The van der Waals surface area contributed by atoms with Gasteiger partial charge in [-0.1, -0.05) is 22.9 Å². The molecule has 0 N–H and O–H groups in total. The Bertz CT molecular complexity index is 1030. The van der Waals surface area contributed by atoms with E-state index in [-0.39, 0.29) is 23.5 Å². The molecule has 1 aliphatic rings. The average Bonchev–Trinajstić information content (AvgIpc) is 3.19. The fourth-order valence-corrected chi connectivity index (χ4v) is 3.32. The molecule has 1 fully saturated rings. The molecule has 1 aliphatic carbocycles. The summed E-state index contributed by atoms with van der Waals surface area (Å²) in [6.45, 7) is 4.16. The molecule has 0 atom stereocenters. The lowest BCUT2D eigenvalue weighted by Crippen LogP contribution is -2.15. The van der Waals surface area contributed by atoms with E-state index in [9.17, 15) is 9.18 Å². The zero-order valence-electron chi connectivity index (χ0n) is 14.4. The van der Waals surface area contributed by atoms with Crippen LogP contribution in [-0.4, -0.2) is 27.2 Å². The van der Waals surface area contributed by atoms with Gasteiger partial charge in [-0.25, -0.2) is 18.7 Å². The van der Waals surface area contributed by atoms with Gasteiger partial charge in [0.2, 0.25) is 0 Å². The highest BCUT2D eigenvalue weighted by molar-refractivity contribution is 9.10. The zero-order valence-corrected chi connectivity index (χ0v) is 16.0. The summed E-state index contributed by atoms with van der Waals surface area (Å²) in [7, 11) is 0. The molecule has 0 bridgehead atoms. The third-order valence-corrected chi connectivity index (χ3v) is 5.23. The van der Waals surface area contributed by atoms with E-state index in [0.717, 1.165) is 18.5 Å². The molecule has 5 nitrogen and oxygen atoms in total. The Morgan fingerprint density at radius 2 is 2.12 bits per heavy atom. The van der Waals surface area contributed by atoms with Crippen LogP contribution in [-0.2, 0) is 10.2 Å². The molecule has 2 aromatic heterocycles. The first kappa shape index (κ1) is 17.1. The molecule has 0 aliphatic heterocycles. The van der Waals surface area contributed by atoms with E-state index in [4.69, 9.17) is 4.74 Å². The van der Waals surface area contributed by atoms with Gasteiger partial charge in [-0.2, -0.15) is 5.10 Å². The number of aromatic nitrogens is 3. The Hall–Kier alpha value is -2.28. The fourth-order valence-electron chi connectivity index (χ4n) is 2.99. The third kappa shape index (κ3) is 2.90. The first-order valence-corrected chi connectivity index (χ1v) is 9.24. The minimum Gasteiger partial charge on any atom is -0.461 e. The van der Waals surface area contributed by atoms with E-state index in [2.05, 4.69) is 32.9 Å². The van der Waals surface area contributed by atoms with E-state index >= 15 is 0 Å². The number of esters is 1. The molecule has 3 aromatic rings. The van der Waals surface area contributed by atoms with Gasteiger partial charge >= 0.3 is 5.97 Å². The van der Waals surface area contributed by atoms with Crippen LogP contribution in [0.3, 0.4) is 0 Å². The van der Waals surface area contributed by atoms with E-state index in [0.29, 0.717) is 21.4 Å². The van der Waals surface area contributed by atoms with Gasteiger partial charge < -0.3 is 4.74 Å². The van der Waals surface area contributed by atoms with Crippen LogP contribution in [0.1, 0.15) is 42.9 Å². The molecular formula is C19H17BrFN3O2.